The molecule has 48 valence electrons. The van der Waals surface area contributed by atoms with Crippen LogP contribution in [0.1, 0.15) is 12.8 Å². The van der Waals surface area contributed by atoms with Crippen molar-refractivity contribution in [1.29, 1.82) is 5.41 Å². The minimum absolute atomic E-state index is 0. The molecular formula is C5H11IN2. The second kappa shape index (κ2) is 4.12. The summed E-state index contributed by atoms with van der Waals surface area (Å²) in [6, 6.07) is 0. The molecule has 0 unspecified atom stereocenters. The highest BCUT2D eigenvalue weighted by molar-refractivity contribution is 14.0. The van der Waals surface area contributed by atoms with Crippen LogP contribution in [0.5, 0.6) is 0 Å². The minimum Gasteiger partial charge on any atom is -0.363 e. The Morgan fingerprint density at radius 3 is 2.00 bits per heavy atom. The van der Waals surface area contributed by atoms with Gasteiger partial charge in [0, 0.05) is 13.1 Å². The summed E-state index contributed by atoms with van der Waals surface area (Å²) in [7, 11) is 0. The van der Waals surface area contributed by atoms with Gasteiger partial charge in [-0.25, -0.2) is 0 Å². The highest BCUT2D eigenvalue weighted by Gasteiger charge is 2.04. The van der Waals surface area contributed by atoms with Crippen LogP contribution in [0, 0.1) is 5.41 Å². The molecule has 1 N–H and O–H groups in total. The van der Waals surface area contributed by atoms with Gasteiger partial charge in [-0.15, -0.1) is 24.0 Å². The van der Waals surface area contributed by atoms with Crippen LogP contribution in [0.25, 0.3) is 0 Å². The number of nitrogens with zero attached hydrogens (tertiary/aromatic N) is 1. The average Bonchev–Trinajstić information content (AvgIpc) is 2.14. The third-order valence-electron chi connectivity index (χ3n) is 1.32. The molecule has 1 saturated heterocycles. The van der Waals surface area contributed by atoms with Crippen LogP contribution in [0.15, 0.2) is 0 Å². The highest BCUT2D eigenvalue weighted by atomic mass is 127. The number of likely N-dealkylation sites (tertiary alicyclic amines) is 1. The van der Waals surface area contributed by atoms with Crippen LogP contribution in [0.4, 0.5) is 0 Å². The van der Waals surface area contributed by atoms with Gasteiger partial charge in [-0.3, -0.25) is 5.41 Å². The summed E-state index contributed by atoms with van der Waals surface area (Å²) in [5.41, 5.74) is 0. The van der Waals surface area contributed by atoms with E-state index in [2.05, 4.69) is 0 Å². The maximum absolute atomic E-state index is 6.80. The van der Waals surface area contributed by atoms with Crippen LogP contribution in [-0.4, -0.2) is 24.3 Å². The van der Waals surface area contributed by atoms with E-state index in [9.17, 15) is 0 Å². The summed E-state index contributed by atoms with van der Waals surface area (Å²) in [5.74, 6) is 0. The van der Waals surface area contributed by atoms with E-state index in [-0.39, 0.29) is 24.0 Å². The van der Waals surface area contributed by atoms with E-state index in [0.717, 1.165) is 13.1 Å². The normalized spacial score (nSPS) is 17.8. The maximum Gasteiger partial charge on any atom is 0.0817 e. The number of rotatable bonds is 1. The van der Waals surface area contributed by atoms with Crippen molar-refractivity contribution in [1.82, 2.24) is 4.90 Å². The molecule has 0 aromatic carbocycles. The van der Waals surface area contributed by atoms with Crippen LogP contribution in [0.3, 0.4) is 0 Å². The Labute approximate surface area is 66.8 Å². The van der Waals surface area contributed by atoms with Gasteiger partial charge < -0.3 is 4.90 Å². The first-order chi connectivity index (χ1) is 3.43. The number of halogens is 1. The average molecular weight is 226 g/mol. The molecule has 1 heterocycles. The van der Waals surface area contributed by atoms with E-state index in [1.807, 2.05) is 4.90 Å². The van der Waals surface area contributed by atoms with E-state index in [1.54, 1.807) is 0 Å². The van der Waals surface area contributed by atoms with E-state index in [4.69, 9.17) is 5.41 Å². The summed E-state index contributed by atoms with van der Waals surface area (Å²) in [6.07, 6.45) is 3.97. The molecule has 0 aliphatic carbocycles. The second-order valence-electron chi connectivity index (χ2n) is 1.87. The van der Waals surface area contributed by atoms with Crippen molar-refractivity contribution in [3.8, 4) is 0 Å². The number of hydrogen-bond donors (Lipinski definition) is 1. The van der Waals surface area contributed by atoms with Gasteiger partial charge in [0.05, 0.1) is 6.34 Å². The van der Waals surface area contributed by atoms with Gasteiger partial charge in [0.15, 0.2) is 0 Å². The monoisotopic (exact) mass is 226 g/mol. The summed E-state index contributed by atoms with van der Waals surface area (Å²) in [4.78, 5) is 2.03. The fourth-order valence-electron chi connectivity index (χ4n) is 0.871. The quantitative estimate of drug-likeness (QED) is 0.407. The second-order valence-corrected chi connectivity index (χ2v) is 1.87. The van der Waals surface area contributed by atoms with Crippen LogP contribution < -0.4 is 0 Å². The molecule has 0 radical (unpaired) electrons. The Balaban J connectivity index is 0.000000490. The van der Waals surface area contributed by atoms with Crippen molar-refractivity contribution in [2.75, 3.05) is 13.1 Å². The molecule has 0 saturated carbocycles. The fraction of sp³-hybridized carbons (Fsp3) is 0.800. The number of nitrogens with one attached hydrogen (secondary N) is 1. The lowest BCUT2D eigenvalue weighted by Crippen LogP contribution is -2.15. The van der Waals surface area contributed by atoms with Gasteiger partial charge in [-0.05, 0) is 12.8 Å². The standard InChI is InChI=1S/C5H10N2.HI/c6-5-7-3-1-2-4-7;/h5-6H,1-4H2;1H. The van der Waals surface area contributed by atoms with E-state index >= 15 is 0 Å². The van der Waals surface area contributed by atoms with Gasteiger partial charge in [0.1, 0.15) is 0 Å². The van der Waals surface area contributed by atoms with Crippen molar-refractivity contribution in [3.63, 3.8) is 0 Å². The van der Waals surface area contributed by atoms with Crippen LogP contribution >= 0.6 is 24.0 Å². The Morgan fingerprint density at radius 2 is 1.75 bits per heavy atom. The zero-order valence-corrected chi connectivity index (χ0v) is 7.09. The molecule has 0 bridgehead atoms. The molecule has 0 aromatic rings. The van der Waals surface area contributed by atoms with Crippen LogP contribution in [-0.2, 0) is 0 Å². The zero-order chi connectivity index (χ0) is 5.11. The summed E-state index contributed by atoms with van der Waals surface area (Å²) in [5, 5.41) is 6.80. The number of hydrogen-bond acceptors (Lipinski definition) is 1. The van der Waals surface area contributed by atoms with Crippen molar-refractivity contribution in [2.24, 2.45) is 0 Å². The predicted molar refractivity (Wildman–Crippen MR) is 45.0 cm³/mol. The molecule has 2 nitrogen and oxygen atoms in total. The molecule has 1 rings (SSSR count). The Morgan fingerprint density at radius 1 is 1.25 bits per heavy atom. The van der Waals surface area contributed by atoms with Crippen molar-refractivity contribution in [2.45, 2.75) is 12.8 Å². The Hall–Kier alpha value is 0.200. The third kappa shape index (κ3) is 1.98. The zero-order valence-electron chi connectivity index (χ0n) is 4.76. The molecule has 0 spiro atoms. The molecule has 0 amide bonds. The topological polar surface area (TPSA) is 27.1 Å². The van der Waals surface area contributed by atoms with Gasteiger partial charge >= 0.3 is 0 Å². The van der Waals surface area contributed by atoms with Crippen molar-refractivity contribution in [3.05, 3.63) is 0 Å². The van der Waals surface area contributed by atoms with Gasteiger partial charge in [0.2, 0.25) is 0 Å². The molecule has 0 atom stereocenters. The molecule has 8 heavy (non-hydrogen) atoms. The first-order valence-corrected chi connectivity index (χ1v) is 2.68. The third-order valence-corrected chi connectivity index (χ3v) is 1.32. The van der Waals surface area contributed by atoms with E-state index in [0.29, 0.717) is 0 Å². The van der Waals surface area contributed by atoms with E-state index < -0.39 is 0 Å². The first-order valence-electron chi connectivity index (χ1n) is 2.68. The summed E-state index contributed by atoms with van der Waals surface area (Å²) < 4.78 is 0. The SMILES string of the molecule is I.N=CN1CCCC1. The molecule has 1 fully saturated rings. The molecule has 3 heteroatoms. The molecule has 1 aliphatic heterocycles. The molecule has 1 aliphatic rings. The lowest BCUT2D eigenvalue weighted by Gasteiger charge is -2.05. The highest BCUT2D eigenvalue weighted by Crippen LogP contribution is 2.02. The van der Waals surface area contributed by atoms with Crippen molar-refractivity contribution >= 4 is 30.3 Å². The fourth-order valence-corrected chi connectivity index (χ4v) is 0.871. The van der Waals surface area contributed by atoms with E-state index in [1.165, 1.54) is 19.2 Å². The lowest BCUT2D eigenvalue weighted by atomic mass is 10.4. The van der Waals surface area contributed by atoms with Crippen molar-refractivity contribution < 1.29 is 0 Å². The first kappa shape index (κ1) is 8.20. The van der Waals surface area contributed by atoms with Gasteiger partial charge in [-0.2, -0.15) is 0 Å². The molecule has 0 aromatic heterocycles. The summed E-state index contributed by atoms with van der Waals surface area (Å²) in [6.45, 7) is 2.20. The maximum atomic E-state index is 6.80. The summed E-state index contributed by atoms with van der Waals surface area (Å²) >= 11 is 0. The Bertz CT molecular complexity index is 68.8. The lowest BCUT2D eigenvalue weighted by molar-refractivity contribution is 0.533. The Kier molecular flexibility index (Phi) is 4.22. The molecular weight excluding hydrogens is 215 g/mol. The van der Waals surface area contributed by atoms with Crippen LogP contribution in [0.2, 0.25) is 0 Å². The minimum atomic E-state index is 0. The van der Waals surface area contributed by atoms with Gasteiger partial charge in [-0.1, -0.05) is 0 Å². The van der Waals surface area contributed by atoms with Gasteiger partial charge in [0.25, 0.3) is 0 Å². The largest absolute Gasteiger partial charge is 0.363 e. The predicted octanol–water partition coefficient (Wildman–Crippen LogP) is 1.31. The smallest absolute Gasteiger partial charge is 0.0817 e.